The van der Waals surface area contributed by atoms with Gasteiger partial charge in [0.05, 0.1) is 17.7 Å². The molecule has 0 spiro atoms. The number of nitrogens with two attached hydrogens (primary N) is 1. The minimum Gasteiger partial charge on any atom is -0.495 e. The van der Waals surface area contributed by atoms with E-state index in [0.29, 0.717) is 22.0 Å². The maximum atomic E-state index is 12.1. The molecule has 2 aromatic rings. The van der Waals surface area contributed by atoms with E-state index in [4.69, 9.17) is 10.5 Å². The lowest BCUT2D eigenvalue weighted by atomic mass is 10.3. The minimum atomic E-state index is -1.34. The lowest BCUT2D eigenvalue weighted by Gasteiger charge is -2.10. The highest BCUT2D eigenvalue weighted by Crippen LogP contribution is 2.24. The normalized spacial score (nSPS) is 11.8. The van der Waals surface area contributed by atoms with Crippen LogP contribution in [-0.4, -0.2) is 11.3 Å². The zero-order valence-electron chi connectivity index (χ0n) is 9.92. The van der Waals surface area contributed by atoms with Crippen LogP contribution in [0.25, 0.3) is 0 Å². The summed E-state index contributed by atoms with van der Waals surface area (Å²) in [5.41, 5.74) is 6.92. The van der Waals surface area contributed by atoms with Gasteiger partial charge in [0.1, 0.15) is 16.7 Å². The van der Waals surface area contributed by atoms with E-state index in [9.17, 15) is 4.21 Å². The molecule has 0 bridgehead atoms. The van der Waals surface area contributed by atoms with E-state index in [0.717, 1.165) is 0 Å². The van der Waals surface area contributed by atoms with Crippen LogP contribution in [0.2, 0.25) is 0 Å². The summed E-state index contributed by atoms with van der Waals surface area (Å²) in [6, 6.07) is 14.2. The van der Waals surface area contributed by atoms with Crippen LogP contribution in [0.4, 0.5) is 11.4 Å². The average Bonchev–Trinajstić information content (AvgIpc) is 2.40. The Morgan fingerprint density at radius 1 is 1.11 bits per heavy atom. The first-order valence-corrected chi connectivity index (χ1v) is 6.52. The summed E-state index contributed by atoms with van der Waals surface area (Å²) in [6.07, 6.45) is 0. The van der Waals surface area contributed by atoms with E-state index in [1.165, 1.54) is 0 Å². The Bertz CT molecular complexity index is 555. The van der Waals surface area contributed by atoms with E-state index in [-0.39, 0.29) is 0 Å². The predicted molar refractivity (Wildman–Crippen MR) is 73.9 cm³/mol. The highest BCUT2D eigenvalue weighted by molar-refractivity contribution is 7.86. The van der Waals surface area contributed by atoms with Crippen LogP contribution < -0.4 is 15.2 Å². The van der Waals surface area contributed by atoms with E-state index in [1.54, 1.807) is 31.4 Å². The van der Waals surface area contributed by atoms with Gasteiger partial charge in [-0.25, -0.2) is 4.21 Å². The first-order chi connectivity index (χ1) is 8.70. The van der Waals surface area contributed by atoms with Crippen molar-refractivity contribution in [3.8, 4) is 5.75 Å². The van der Waals surface area contributed by atoms with Gasteiger partial charge in [-0.3, -0.25) is 4.72 Å². The van der Waals surface area contributed by atoms with E-state index >= 15 is 0 Å². The average molecular weight is 262 g/mol. The Morgan fingerprint density at radius 3 is 2.44 bits per heavy atom. The third-order valence-electron chi connectivity index (χ3n) is 2.40. The molecule has 0 saturated carbocycles. The highest BCUT2D eigenvalue weighted by atomic mass is 32.2. The van der Waals surface area contributed by atoms with Crippen LogP contribution in [0, 0.1) is 0 Å². The predicted octanol–water partition coefficient (Wildman–Crippen LogP) is 2.41. The summed E-state index contributed by atoms with van der Waals surface area (Å²) in [7, 11) is 0.236. The van der Waals surface area contributed by atoms with Crippen LogP contribution >= 0.6 is 0 Å². The molecule has 0 heterocycles. The third kappa shape index (κ3) is 2.81. The first kappa shape index (κ1) is 12.4. The number of nitrogens with one attached hydrogen (secondary N) is 1. The maximum Gasteiger partial charge on any atom is 0.150 e. The van der Waals surface area contributed by atoms with Crippen molar-refractivity contribution in [2.24, 2.45) is 0 Å². The molecule has 0 aliphatic rings. The number of ether oxygens (including phenoxy) is 1. The monoisotopic (exact) mass is 262 g/mol. The summed E-state index contributed by atoms with van der Waals surface area (Å²) >= 11 is 0. The van der Waals surface area contributed by atoms with Gasteiger partial charge in [-0.1, -0.05) is 12.1 Å². The van der Waals surface area contributed by atoms with Crippen LogP contribution in [0.15, 0.2) is 53.4 Å². The number of methoxy groups -OCH3 is 1. The van der Waals surface area contributed by atoms with E-state index in [2.05, 4.69) is 4.72 Å². The SMILES string of the molecule is COc1ccccc1NS(=O)c1ccc(N)cc1. The fraction of sp³-hybridized carbons (Fsp3) is 0.0769. The van der Waals surface area contributed by atoms with Crippen molar-refractivity contribution < 1.29 is 8.95 Å². The molecule has 0 aliphatic carbocycles. The standard InChI is InChI=1S/C13H14N2O2S/c1-17-13-5-3-2-4-12(13)15-18(16)11-8-6-10(14)7-9-11/h2-9,15H,14H2,1H3. The van der Waals surface area contributed by atoms with Crippen molar-refractivity contribution in [2.75, 3.05) is 17.6 Å². The van der Waals surface area contributed by atoms with Gasteiger partial charge in [-0.15, -0.1) is 0 Å². The van der Waals surface area contributed by atoms with Gasteiger partial charge in [-0.05, 0) is 36.4 Å². The highest BCUT2D eigenvalue weighted by Gasteiger charge is 2.07. The Hall–Kier alpha value is -2.01. The van der Waals surface area contributed by atoms with Crippen LogP contribution in [-0.2, 0) is 11.0 Å². The number of anilines is 2. The molecule has 0 fully saturated rings. The van der Waals surface area contributed by atoms with Crippen LogP contribution in [0.1, 0.15) is 0 Å². The smallest absolute Gasteiger partial charge is 0.150 e. The second-order valence-electron chi connectivity index (χ2n) is 3.64. The summed E-state index contributed by atoms with van der Waals surface area (Å²) in [5.74, 6) is 0.654. The molecule has 0 amide bonds. The molecule has 0 aliphatic heterocycles. The van der Waals surface area contributed by atoms with Crippen LogP contribution in [0.5, 0.6) is 5.75 Å². The van der Waals surface area contributed by atoms with Crippen LogP contribution in [0.3, 0.4) is 0 Å². The molecule has 3 N–H and O–H groups in total. The number of para-hydroxylation sites is 2. The molecular weight excluding hydrogens is 248 g/mol. The van der Waals surface area contributed by atoms with Gasteiger partial charge in [0.2, 0.25) is 0 Å². The quantitative estimate of drug-likeness (QED) is 0.832. The molecule has 5 heteroatoms. The molecule has 0 aromatic heterocycles. The Labute approximate surface area is 108 Å². The molecule has 1 unspecified atom stereocenters. The van der Waals surface area contributed by atoms with Crippen molar-refractivity contribution in [1.82, 2.24) is 0 Å². The fourth-order valence-corrected chi connectivity index (χ4v) is 2.35. The van der Waals surface area contributed by atoms with E-state index < -0.39 is 11.0 Å². The Balaban J connectivity index is 2.18. The second-order valence-corrected chi connectivity index (χ2v) is 4.85. The van der Waals surface area contributed by atoms with E-state index in [1.807, 2.05) is 24.3 Å². The van der Waals surface area contributed by atoms with Gasteiger partial charge in [-0.2, -0.15) is 0 Å². The summed E-state index contributed by atoms with van der Waals surface area (Å²) < 4.78 is 20.2. The number of rotatable bonds is 4. The van der Waals surface area contributed by atoms with Gasteiger partial charge in [0, 0.05) is 5.69 Å². The molecule has 18 heavy (non-hydrogen) atoms. The fourth-order valence-electron chi connectivity index (χ4n) is 1.48. The minimum absolute atomic E-state index is 0.646. The molecule has 2 rings (SSSR count). The summed E-state index contributed by atoms with van der Waals surface area (Å²) in [5, 5.41) is 0. The third-order valence-corrected chi connectivity index (χ3v) is 3.51. The summed E-state index contributed by atoms with van der Waals surface area (Å²) in [6.45, 7) is 0. The largest absolute Gasteiger partial charge is 0.495 e. The molecule has 1 atom stereocenters. The van der Waals surface area contributed by atoms with Crippen molar-refractivity contribution >= 4 is 22.4 Å². The lowest BCUT2D eigenvalue weighted by Crippen LogP contribution is -2.06. The van der Waals surface area contributed by atoms with Gasteiger partial charge in [0.15, 0.2) is 0 Å². The molecule has 2 aromatic carbocycles. The molecule has 0 radical (unpaired) electrons. The van der Waals surface area contributed by atoms with Crippen molar-refractivity contribution in [3.05, 3.63) is 48.5 Å². The van der Waals surface area contributed by atoms with Crippen molar-refractivity contribution in [1.29, 1.82) is 0 Å². The number of benzene rings is 2. The Morgan fingerprint density at radius 2 is 1.78 bits per heavy atom. The van der Waals surface area contributed by atoms with Gasteiger partial charge < -0.3 is 10.5 Å². The second kappa shape index (κ2) is 5.55. The zero-order valence-corrected chi connectivity index (χ0v) is 10.7. The van der Waals surface area contributed by atoms with Gasteiger partial charge >= 0.3 is 0 Å². The lowest BCUT2D eigenvalue weighted by molar-refractivity contribution is 0.417. The number of hydrogen-bond donors (Lipinski definition) is 2. The topological polar surface area (TPSA) is 64.3 Å². The van der Waals surface area contributed by atoms with Crippen molar-refractivity contribution in [3.63, 3.8) is 0 Å². The Kier molecular flexibility index (Phi) is 3.84. The molecular formula is C13H14N2O2S. The summed E-state index contributed by atoms with van der Waals surface area (Å²) in [4.78, 5) is 0.662. The molecule has 94 valence electrons. The zero-order chi connectivity index (χ0) is 13.0. The first-order valence-electron chi connectivity index (χ1n) is 5.37. The van der Waals surface area contributed by atoms with Crippen molar-refractivity contribution in [2.45, 2.75) is 4.90 Å². The molecule has 4 nitrogen and oxygen atoms in total. The number of hydrogen-bond acceptors (Lipinski definition) is 3. The number of nitrogen functional groups attached to an aromatic ring is 1. The maximum absolute atomic E-state index is 12.1. The van der Waals surface area contributed by atoms with Gasteiger partial charge in [0.25, 0.3) is 0 Å². The molecule has 0 saturated heterocycles.